The van der Waals surface area contributed by atoms with E-state index in [-0.39, 0.29) is 18.6 Å². The molecule has 4 nitrogen and oxygen atoms in total. The highest BCUT2D eigenvalue weighted by molar-refractivity contribution is 5.92. The Hall–Kier alpha value is -2.33. The molecule has 0 aliphatic rings. The Labute approximate surface area is 144 Å². The number of hydrogen-bond acceptors (Lipinski definition) is 3. The van der Waals surface area contributed by atoms with Crippen LogP contribution < -0.4 is 15.4 Å². The van der Waals surface area contributed by atoms with Crippen molar-refractivity contribution >= 4 is 11.6 Å². The van der Waals surface area contributed by atoms with Gasteiger partial charge in [0.25, 0.3) is 0 Å². The van der Waals surface area contributed by atoms with Gasteiger partial charge in [-0.2, -0.15) is 0 Å². The van der Waals surface area contributed by atoms with Crippen LogP contribution in [0.2, 0.25) is 0 Å². The fourth-order valence-electron chi connectivity index (χ4n) is 2.43. The van der Waals surface area contributed by atoms with Crippen molar-refractivity contribution in [2.45, 2.75) is 40.3 Å². The van der Waals surface area contributed by atoms with Crippen LogP contribution in [0.25, 0.3) is 0 Å². The van der Waals surface area contributed by atoms with E-state index in [9.17, 15) is 4.79 Å². The second-order valence-electron chi connectivity index (χ2n) is 6.28. The molecule has 2 N–H and O–H groups in total. The van der Waals surface area contributed by atoms with E-state index >= 15 is 0 Å². The number of hydrogen-bond donors (Lipinski definition) is 2. The Morgan fingerprint density at radius 3 is 2.42 bits per heavy atom. The first-order valence-electron chi connectivity index (χ1n) is 8.27. The van der Waals surface area contributed by atoms with Crippen molar-refractivity contribution in [1.29, 1.82) is 0 Å². The van der Waals surface area contributed by atoms with E-state index in [0.29, 0.717) is 6.54 Å². The Morgan fingerprint density at radius 1 is 1.08 bits per heavy atom. The highest BCUT2D eigenvalue weighted by atomic mass is 16.5. The fourth-order valence-corrected chi connectivity index (χ4v) is 2.43. The summed E-state index contributed by atoms with van der Waals surface area (Å²) in [6.45, 7) is 8.96. The molecule has 0 saturated heterocycles. The molecular weight excluding hydrogens is 300 g/mol. The molecule has 0 heterocycles. The molecule has 24 heavy (non-hydrogen) atoms. The molecule has 0 spiro atoms. The molecule has 0 fully saturated rings. The fraction of sp³-hybridized carbons (Fsp3) is 0.350. The maximum Gasteiger partial charge on any atom is 0.238 e. The molecule has 0 bridgehead atoms. The molecule has 0 aromatic heterocycles. The lowest BCUT2D eigenvalue weighted by atomic mass is 10.1. The summed E-state index contributed by atoms with van der Waals surface area (Å²) in [6, 6.07) is 13.9. The molecule has 0 aliphatic heterocycles. The lowest BCUT2D eigenvalue weighted by Gasteiger charge is -2.11. The van der Waals surface area contributed by atoms with Gasteiger partial charge in [-0.1, -0.05) is 29.8 Å². The number of ether oxygens (including phenoxy) is 1. The summed E-state index contributed by atoms with van der Waals surface area (Å²) in [7, 11) is 0. The number of benzene rings is 2. The summed E-state index contributed by atoms with van der Waals surface area (Å²) in [5, 5.41) is 6.09. The summed E-state index contributed by atoms with van der Waals surface area (Å²) >= 11 is 0. The number of rotatable bonds is 7. The maximum atomic E-state index is 12.0. The Morgan fingerprint density at radius 2 is 1.79 bits per heavy atom. The molecule has 2 aromatic carbocycles. The summed E-state index contributed by atoms with van der Waals surface area (Å²) in [5.74, 6) is 0.822. The minimum atomic E-state index is -0.0401. The van der Waals surface area contributed by atoms with Crippen molar-refractivity contribution < 1.29 is 9.53 Å². The van der Waals surface area contributed by atoms with Crippen molar-refractivity contribution in [3.05, 3.63) is 59.2 Å². The number of anilines is 1. The normalized spacial score (nSPS) is 10.7. The standard InChI is InChI=1S/C20H26N2O2/c1-14(2)24-18-8-6-17(7-9-18)12-21-13-20(23)22-19-10-5-15(3)11-16(19)4/h5-11,14,21H,12-13H2,1-4H3,(H,22,23). The lowest BCUT2D eigenvalue weighted by Crippen LogP contribution is -2.28. The third-order valence-electron chi connectivity index (χ3n) is 3.57. The van der Waals surface area contributed by atoms with Gasteiger partial charge in [0.1, 0.15) is 5.75 Å². The van der Waals surface area contributed by atoms with Crippen LogP contribution in [-0.4, -0.2) is 18.6 Å². The minimum Gasteiger partial charge on any atom is -0.491 e. The number of amides is 1. The average Bonchev–Trinajstić information content (AvgIpc) is 2.51. The molecule has 0 aliphatic carbocycles. The zero-order valence-corrected chi connectivity index (χ0v) is 14.8. The van der Waals surface area contributed by atoms with Gasteiger partial charge in [0.05, 0.1) is 12.6 Å². The molecule has 128 valence electrons. The van der Waals surface area contributed by atoms with Crippen molar-refractivity contribution in [2.75, 3.05) is 11.9 Å². The summed E-state index contributed by atoms with van der Waals surface area (Å²) in [6.07, 6.45) is 0.169. The third-order valence-corrected chi connectivity index (χ3v) is 3.57. The van der Waals surface area contributed by atoms with Crippen LogP contribution >= 0.6 is 0 Å². The molecule has 0 saturated carbocycles. The molecular formula is C20H26N2O2. The van der Waals surface area contributed by atoms with Gasteiger partial charge in [-0.15, -0.1) is 0 Å². The van der Waals surface area contributed by atoms with Gasteiger partial charge in [0.2, 0.25) is 5.91 Å². The monoisotopic (exact) mass is 326 g/mol. The third kappa shape index (κ3) is 5.70. The molecule has 2 rings (SSSR count). The van der Waals surface area contributed by atoms with Gasteiger partial charge < -0.3 is 15.4 Å². The molecule has 2 aromatic rings. The first-order valence-corrected chi connectivity index (χ1v) is 8.27. The van der Waals surface area contributed by atoms with E-state index in [2.05, 4.69) is 16.7 Å². The van der Waals surface area contributed by atoms with E-state index in [4.69, 9.17) is 4.74 Å². The van der Waals surface area contributed by atoms with E-state index < -0.39 is 0 Å². The Kier molecular flexibility index (Phi) is 6.38. The average molecular weight is 326 g/mol. The van der Waals surface area contributed by atoms with Crippen LogP contribution in [0.3, 0.4) is 0 Å². The minimum absolute atomic E-state index is 0.0401. The van der Waals surface area contributed by atoms with Crippen LogP contribution in [0.5, 0.6) is 5.75 Å². The Balaban J connectivity index is 1.78. The molecule has 0 radical (unpaired) electrons. The maximum absolute atomic E-state index is 12.0. The van der Waals surface area contributed by atoms with Gasteiger partial charge in [0.15, 0.2) is 0 Å². The van der Waals surface area contributed by atoms with Crippen LogP contribution in [0, 0.1) is 13.8 Å². The predicted molar refractivity (Wildman–Crippen MR) is 98.5 cm³/mol. The van der Waals surface area contributed by atoms with Crippen molar-refractivity contribution in [2.24, 2.45) is 0 Å². The summed E-state index contributed by atoms with van der Waals surface area (Å²) in [5.41, 5.74) is 4.24. The van der Waals surface area contributed by atoms with Gasteiger partial charge >= 0.3 is 0 Å². The number of aryl methyl sites for hydroxylation is 2. The van der Waals surface area contributed by atoms with E-state index in [0.717, 1.165) is 22.6 Å². The van der Waals surface area contributed by atoms with Gasteiger partial charge in [-0.05, 0) is 57.0 Å². The second kappa shape index (κ2) is 8.50. The molecule has 4 heteroatoms. The second-order valence-corrected chi connectivity index (χ2v) is 6.28. The van der Waals surface area contributed by atoms with E-state index in [1.54, 1.807) is 0 Å². The highest BCUT2D eigenvalue weighted by Crippen LogP contribution is 2.16. The van der Waals surface area contributed by atoms with Crippen molar-refractivity contribution in [3.8, 4) is 5.75 Å². The number of carbonyl (C=O) groups excluding carboxylic acids is 1. The zero-order valence-electron chi connectivity index (χ0n) is 14.8. The van der Waals surface area contributed by atoms with Crippen LogP contribution in [0.4, 0.5) is 5.69 Å². The summed E-state index contributed by atoms with van der Waals surface area (Å²) in [4.78, 5) is 12.0. The highest BCUT2D eigenvalue weighted by Gasteiger charge is 2.05. The first-order chi connectivity index (χ1) is 11.4. The largest absolute Gasteiger partial charge is 0.491 e. The zero-order chi connectivity index (χ0) is 17.5. The SMILES string of the molecule is Cc1ccc(NC(=O)CNCc2ccc(OC(C)C)cc2)c(C)c1. The smallest absolute Gasteiger partial charge is 0.238 e. The Bertz CT molecular complexity index is 679. The predicted octanol–water partition coefficient (Wildman–Crippen LogP) is 3.82. The van der Waals surface area contributed by atoms with Crippen LogP contribution in [0.1, 0.15) is 30.5 Å². The van der Waals surface area contributed by atoms with Crippen molar-refractivity contribution in [1.82, 2.24) is 5.32 Å². The quantitative estimate of drug-likeness (QED) is 0.813. The van der Waals surface area contributed by atoms with Crippen LogP contribution in [-0.2, 0) is 11.3 Å². The van der Waals surface area contributed by atoms with Gasteiger partial charge in [-0.3, -0.25) is 4.79 Å². The lowest BCUT2D eigenvalue weighted by molar-refractivity contribution is -0.115. The van der Waals surface area contributed by atoms with E-state index in [1.165, 1.54) is 5.56 Å². The van der Waals surface area contributed by atoms with Gasteiger partial charge in [-0.25, -0.2) is 0 Å². The van der Waals surface area contributed by atoms with Crippen LogP contribution in [0.15, 0.2) is 42.5 Å². The number of carbonyl (C=O) groups is 1. The number of nitrogens with one attached hydrogen (secondary N) is 2. The first kappa shape index (κ1) is 18.0. The van der Waals surface area contributed by atoms with E-state index in [1.807, 2.05) is 64.1 Å². The molecule has 0 atom stereocenters. The molecule has 1 amide bonds. The van der Waals surface area contributed by atoms with Crippen molar-refractivity contribution in [3.63, 3.8) is 0 Å². The molecule has 0 unspecified atom stereocenters. The van der Waals surface area contributed by atoms with Gasteiger partial charge in [0, 0.05) is 12.2 Å². The topological polar surface area (TPSA) is 50.4 Å². The summed E-state index contributed by atoms with van der Waals surface area (Å²) < 4.78 is 5.61.